The summed E-state index contributed by atoms with van der Waals surface area (Å²) >= 11 is 2.35. The van der Waals surface area contributed by atoms with E-state index in [9.17, 15) is 4.79 Å². The van der Waals surface area contributed by atoms with Gasteiger partial charge in [-0.05, 0) is 18.8 Å². The van der Waals surface area contributed by atoms with Crippen LogP contribution in [0.3, 0.4) is 0 Å². The van der Waals surface area contributed by atoms with Gasteiger partial charge in [0.25, 0.3) is 0 Å². The zero-order chi connectivity index (χ0) is 8.27. The molecule has 0 aromatic rings. The molecule has 2 unspecified atom stereocenters. The molecule has 1 saturated carbocycles. The third-order valence-corrected chi connectivity index (χ3v) is 3.49. The van der Waals surface area contributed by atoms with E-state index < -0.39 is 0 Å². The molecule has 0 aromatic heterocycles. The molecule has 0 aromatic carbocycles. The van der Waals surface area contributed by atoms with Gasteiger partial charge in [-0.1, -0.05) is 29.0 Å². The maximum atomic E-state index is 11.2. The van der Waals surface area contributed by atoms with E-state index in [4.69, 9.17) is 4.74 Å². The average Bonchev–Trinajstić information content (AvgIpc) is 2.50. The topological polar surface area (TPSA) is 26.3 Å². The van der Waals surface area contributed by atoms with Crippen LogP contribution in [0.5, 0.6) is 0 Å². The fourth-order valence-corrected chi connectivity index (χ4v) is 2.74. The smallest absolute Gasteiger partial charge is 0.308 e. The van der Waals surface area contributed by atoms with Gasteiger partial charge in [0.1, 0.15) is 0 Å². The largest absolute Gasteiger partial charge is 0.469 e. The van der Waals surface area contributed by atoms with E-state index in [0.29, 0.717) is 5.92 Å². The maximum absolute atomic E-state index is 11.2. The molecule has 3 heteroatoms. The number of rotatable bonds is 2. The summed E-state index contributed by atoms with van der Waals surface area (Å²) in [7, 11) is 1.48. The van der Waals surface area contributed by atoms with Crippen molar-refractivity contribution >= 4 is 28.6 Å². The number of hydrogen-bond donors (Lipinski definition) is 0. The van der Waals surface area contributed by atoms with Crippen molar-refractivity contribution in [3.63, 3.8) is 0 Å². The lowest BCUT2D eigenvalue weighted by atomic mass is 9.99. The molecular formula is C8H13IO2. The maximum Gasteiger partial charge on any atom is 0.308 e. The molecule has 0 amide bonds. The van der Waals surface area contributed by atoms with Crippen LogP contribution in [0.15, 0.2) is 0 Å². The summed E-state index contributed by atoms with van der Waals surface area (Å²) in [6, 6.07) is 0. The monoisotopic (exact) mass is 268 g/mol. The molecule has 0 bridgehead atoms. The van der Waals surface area contributed by atoms with Gasteiger partial charge in [0.05, 0.1) is 13.0 Å². The molecule has 0 N–H and O–H groups in total. The predicted molar refractivity (Wildman–Crippen MR) is 51.7 cm³/mol. The van der Waals surface area contributed by atoms with Gasteiger partial charge in [-0.15, -0.1) is 0 Å². The SMILES string of the molecule is COC(=O)C1CCCC1CI. The average molecular weight is 268 g/mol. The standard InChI is InChI=1S/C8H13IO2/c1-11-8(10)7-4-2-3-6(7)5-9/h6-7H,2-5H2,1H3. The number of carbonyl (C=O) groups is 1. The van der Waals surface area contributed by atoms with Crippen molar-refractivity contribution in [3.8, 4) is 0 Å². The van der Waals surface area contributed by atoms with Crippen LogP contribution in [-0.2, 0) is 9.53 Å². The van der Waals surface area contributed by atoms with Crippen LogP contribution in [0.2, 0.25) is 0 Å². The number of esters is 1. The Balaban J connectivity index is 2.49. The molecule has 0 saturated heterocycles. The summed E-state index contributed by atoms with van der Waals surface area (Å²) in [5.74, 6) is 0.754. The Labute approximate surface area is 80.8 Å². The molecule has 11 heavy (non-hydrogen) atoms. The molecule has 0 radical (unpaired) electrons. The molecule has 1 aliphatic carbocycles. The quantitative estimate of drug-likeness (QED) is 0.435. The minimum absolute atomic E-state index is 0.0100. The molecule has 64 valence electrons. The van der Waals surface area contributed by atoms with E-state index in [1.54, 1.807) is 0 Å². The van der Waals surface area contributed by atoms with Gasteiger partial charge in [0.15, 0.2) is 0 Å². The number of alkyl halides is 1. The molecule has 0 heterocycles. The first-order chi connectivity index (χ1) is 5.29. The van der Waals surface area contributed by atoms with Crippen LogP contribution in [-0.4, -0.2) is 17.5 Å². The van der Waals surface area contributed by atoms with Crippen molar-refractivity contribution in [1.29, 1.82) is 0 Å². The fraction of sp³-hybridized carbons (Fsp3) is 0.875. The van der Waals surface area contributed by atoms with Crippen molar-refractivity contribution < 1.29 is 9.53 Å². The molecule has 0 spiro atoms. The van der Waals surface area contributed by atoms with Crippen molar-refractivity contribution in [1.82, 2.24) is 0 Å². The predicted octanol–water partition coefficient (Wildman–Crippen LogP) is 2.01. The number of ether oxygens (including phenoxy) is 1. The van der Waals surface area contributed by atoms with Gasteiger partial charge in [0.2, 0.25) is 0 Å². The van der Waals surface area contributed by atoms with Gasteiger partial charge in [-0.2, -0.15) is 0 Å². The van der Waals surface area contributed by atoms with E-state index in [-0.39, 0.29) is 11.9 Å². The Bertz CT molecular complexity index is 147. The minimum Gasteiger partial charge on any atom is -0.469 e. The number of methoxy groups -OCH3 is 1. The molecular weight excluding hydrogens is 255 g/mol. The van der Waals surface area contributed by atoms with E-state index in [2.05, 4.69) is 22.6 Å². The Kier molecular flexibility index (Phi) is 3.62. The summed E-state index contributed by atoms with van der Waals surface area (Å²) in [6.07, 6.45) is 3.41. The highest BCUT2D eigenvalue weighted by Gasteiger charge is 2.32. The van der Waals surface area contributed by atoms with Crippen LogP contribution < -0.4 is 0 Å². The highest BCUT2D eigenvalue weighted by Crippen LogP contribution is 2.33. The number of carbonyl (C=O) groups excluding carboxylic acids is 1. The lowest BCUT2D eigenvalue weighted by Gasteiger charge is -2.13. The van der Waals surface area contributed by atoms with Gasteiger partial charge >= 0.3 is 5.97 Å². The van der Waals surface area contributed by atoms with Crippen LogP contribution in [0.25, 0.3) is 0 Å². The van der Waals surface area contributed by atoms with Crippen LogP contribution in [0, 0.1) is 11.8 Å². The van der Waals surface area contributed by atoms with Crippen molar-refractivity contribution in [2.75, 3.05) is 11.5 Å². The van der Waals surface area contributed by atoms with Crippen molar-refractivity contribution in [2.24, 2.45) is 11.8 Å². The number of hydrogen-bond acceptors (Lipinski definition) is 2. The van der Waals surface area contributed by atoms with E-state index in [1.165, 1.54) is 20.0 Å². The van der Waals surface area contributed by atoms with Gasteiger partial charge in [-0.25, -0.2) is 0 Å². The first-order valence-corrected chi connectivity index (χ1v) is 5.46. The van der Waals surface area contributed by atoms with Crippen LogP contribution in [0.4, 0.5) is 0 Å². The number of halogens is 1. The Morgan fingerprint density at radius 2 is 2.36 bits per heavy atom. The van der Waals surface area contributed by atoms with E-state index >= 15 is 0 Å². The lowest BCUT2D eigenvalue weighted by molar-refractivity contribution is -0.146. The summed E-state index contributed by atoms with van der Waals surface area (Å²) in [6.45, 7) is 0. The zero-order valence-electron chi connectivity index (χ0n) is 6.68. The Morgan fingerprint density at radius 1 is 1.64 bits per heavy atom. The van der Waals surface area contributed by atoms with Gasteiger partial charge < -0.3 is 4.74 Å². The summed E-state index contributed by atoms with van der Waals surface area (Å²) < 4.78 is 5.80. The summed E-state index contributed by atoms with van der Waals surface area (Å²) in [4.78, 5) is 11.2. The third kappa shape index (κ3) is 2.07. The Morgan fingerprint density at radius 3 is 2.91 bits per heavy atom. The zero-order valence-corrected chi connectivity index (χ0v) is 8.84. The van der Waals surface area contributed by atoms with Gasteiger partial charge in [-0.3, -0.25) is 4.79 Å². The lowest BCUT2D eigenvalue weighted by Crippen LogP contribution is -2.20. The second-order valence-corrected chi connectivity index (χ2v) is 3.86. The Hall–Kier alpha value is 0.200. The normalized spacial score (nSPS) is 30.4. The van der Waals surface area contributed by atoms with Gasteiger partial charge in [0, 0.05) is 4.43 Å². The second kappa shape index (κ2) is 4.28. The van der Waals surface area contributed by atoms with Crippen molar-refractivity contribution in [2.45, 2.75) is 19.3 Å². The third-order valence-electron chi connectivity index (χ3n) is 2.36. The molecule has 2 nitrogen and oxygen atoms in total. The highest BCUT2D eigenvalue weighted by atomic mass is 127. The molecule has 1 rings (SSSR count). The van der Waals surface area contributed by atoms with E-state index in [1.807, 2.05) is 0 Å². The minimum atomic E-state index is -0.0100. The molecule has 1 aliphatic rings. The van der Waals surface area contributed by atoms with Crippen LogP contribution >= 0.6 is 22.6 Å². The molecule has 2 atom stereocenters. The summed E-state index contributed by atoms with van der Waals surface area (Å²) in [5, 5.41) is 0. The molecule has 0 aliphatic heterocycles. The fourth-order valence-electron chi connectivity index (χ4n) is 1.68. The first-order valence-electron chi connectivity index (χ1n) is 3.93. The summed E-state index contributed by atoms with van der Waals surface area (Å²) in [5.41, 5.74) is 0. The second-order valence-electron chi connectivity index (χ2n) is 2.97. The molecule has 1 fully saturated rings. The van der Waals surface area contributed by atoms with Crippen LogP contribution in [0.1, 0.15) is 19.3 Å². The van der Waals surface area contributed by atoms with E-state index in [0.717, 1.165) is 10.8 Å². The van der Waals surface area contributed by atoms with Crippen molar-refractivity contribution in [3.05, 3.63) is 0 Å². The highest BCUT2D eigenvalue weighted by molar-refractivity contribution is 14.1. The first kappa shape index (κ1) is 9.29.